The Labute approximate surface area is 93.3 Å². The van der Waals surface area contributed by atoms with Crippen LogP contribution < -0.4 is 11.4 Å². The van der Waals surface area contributed by atoms with Crippen LogP contribution in [-0.2, 0) is 5.54 Å². The van der Waals surface area contributed by atoms with E-state index < -0.39 is 0 Å². The van der Waals surface area contributed by atoms with Crippen LogP contribution in [0.3, 0.4) is 0 Å². The summed E-state index contributed by atoms with van der Waals surface area (Å²) in [5, 5.41) is 0. The molecular weight excluding hydrogens is 204 g/mol. The minimum Gasteiger partial charge on any atom is -0.330 e. The number of imidazole rings is 1. The third kappa shape index (κ3) is 1.63. The van der Waals surface area contributed by atoms with Crippen LogP contribution in [0.5, 0.6) is 0 Å². The number of aromatic nitrogens is 3. The average molecular weight is 220 g/mol. The molecule has 2 heterocycles. The second-order valence-corrected chi connectivity index (χ2v) is 4.51. The Bertz CT molecular complexity index is 552. The molecule has 0 aliphatic heterocycles. The van der Waals surface area contributed by atoms with Crippen LogP contribution in [0.4, 0.5) is 0 Å². The van der Waals surface area contributed by atoms with Crippen molar-refractivity contribution in [3.8, 4) is 0 Å². The topological polar surface area (TPSA) is 76.7 Å². The SMILES string of the molecule is CC(C)(CCN)n1c(=O)[nH]c2ccncc21. The highest BCUT2D eigenvalue weighted by Crippen LogP contribution is 2.21. The smallest absolute Gasteiger partial charge is 0.327 e. The Hall–Kier alpha value is -1.62. The maximum absolute atomic E-state index is 11.9. The largest absolute Gasteiger partial charge is 0.330 e. The normalized spacial score (nSPS) is 12.2. The van der Waals surface area contributed by atoms with Crippen molar-refractivity contribution in [1.29, 1.82) is 0 Å². The lowest BCUT2D eigenvalue weighted by Gasteiger charge is -2.25. The van der Waals surface area contributed by atoms with E-state index in [0.717, 1.165) is 17.5 Å². The van der Waals surface area contributed by atoms with Crippen molar-refractivity contribution in [3.05, 3.63) is 28.9 Å². The third-order valence-corrected chi connectivity index (χ3v) is 2.85. The van der Waals surface area contributed by atoms with E-state index in [9.17, 15) is 4.79 Å². The molecule has 0 saturated heterocycles. The van der Waals surface area contributed by atoms with Gasteiger partial charge in [0, 0.05) is 11.7 Å². The van der Waals surface area contributed by atoms with Crippen molar-refractivity contribution in [2.75, 3.05) is 6.54 Å². The lowest BCUT2D eigenvalue weighted by Crippen LogP contribution is -2.36. The van der Waals surface area contributed by atoms with Crippen molar-refractivity contribution < 1.29 is 0 Å². The number of hydrogen-bond acceptors (Lipinski definition) is 3. The Balaban J connectivity index is 2.68. The van der Waals surface area contributed by atoms with Gasteiger partial charge in [0.25, 0.3) is 0 Å². The Morgan fingerprint density at radius 1 is 1.56 bits per heavy atom. The van der Waals surface area contributed by atoms with Crippen LogP contribution in [0.2, 0.25) is 0 Å². The highest BCUT2D eigenvalue weighted by atomic mass is 16.1. The number of nitrogens with two attached hydrogens (primary N) is 1. The van der Waals surface area contributed by atoms with Crippen molar-refractivity contribution in [2.45, 2.75) is 25.8 Å². The molecule has 0 spiro atoms. The highest BCUT2D eigenvalue weighted by Gasteiger charge is 2.23. The molecule has 0 aliphatic carbocycles. The van der Waals surface area contributed by atoms with E-state index in [-0.39, 0.29) is 11.2 Å². The highest BCUT2D eigenvalue weighted by molar-refractivity contribution is 5.74. The quantitative estimate of drug-likeness (QED) is 0.803. The number of fused-ring (bicyclic) bond motifs is 1. The van der Waals surface area contributed by atoms with Gasteiger partial charge in [-0.2, -0.15) is 0 Å². The standard InChI is InChI=1S/C11H16N4O/c1-11(2,4-5-12)15-9-7-13-6-3-8(9)14-10(15)16/h3,6-7H,4-5,12H2,1-2H3,(H,14,16). The number of nitrogens with zero attached hydrogens (tertiary/aromatic N) is 2. The molecule has 0 aliphatic rings. The van der Waals surface area contributed by atoms with Crippen LogP contribution in [0, 0.1) is 0 Å². The van der Waals surface area contributed by atoms with E-state index in [4.69, 9.17) is 5.73 Å². The first-order valence-electron chi connectivity index (χ1n) is 5.31. The van der Waals surface area contributed by atoms with Gasteiger partial charge in [0.15, 0.2) is 0 Å². The van der Waals surface area contributed by atoms with E-state index in [0.29, 0.717) is 6.54 Å². The molecule has 86 valence electrons. The molecular formula is C11H16N4O. The van der Waals surface area contributed by atoms with Crippen LogP contribution in [0.15, 0.2) is 23.3 Å². The van der Waals surface area contributed by atoms with Gasteiger partial charge in [0.2, 0.25) is 0 Å². The van der Waals surface area contributed by atoms with Crippen molar-refractivity contribution in [2.24, 2.45) is 5.73 Å². The molecule has 5 heteroatoms. The maximum atomic E-state index is 11.9. The average Bonchev–Trinajstić information content (AvgIpc) is 2.53. The molecule has 2 aromatic rings. The summed E-state index contributed by atoms with van der Waals surface area (Å²) in [6, 6.07) is 1.80. The maximum Gasteiger partial charge on any atom is 0.327 e. The zero-order chi connectivity index (χ0) is 11.8. The fourth-order valence-corrected chi connectivity index (χ4v) is 2.02. The minimum atomic E-state index is -0.298. The van der Waals surface area contributed by atoms with Gasteiger partial charge >= 0.3 is 5.69 Å². The summed E-state index contributed by atoms with van der Waals surface area (Å²) in [5.41, 5.74) is 6.80. The van der Waals surface area contributed by atoms with Crippen molar-refractivity contribution in [3.63, 3.8) is 0 Å². The van der Waals surface area contributed by atoms with Gasteiger partial charge < -0.3 is 10.7 Å². The van der Waals surface area contributed by atoms with Gasteiger partial charge in [-0.15, -0.1) is 0 Å². The van der Waals surface area contributed by atoms with E-state index in [1.54, 1.807) is 23.0 Å². The Kier molecular flexibility index (Phi) is 2.55. The lowest BCUT2D eigenvalue weighted by atomic mass is 10.0. The summed E-state index contributed by atoms with van der Waals surface area (Å²) in [6.45, 7) is 4.55. The zero-order valence-corrected chi connectivity index (χ0v) is 9.53. The van der Waals surface area contributed by atoms with Gasteiger partial charge in [-0.25, -0.2) is 4.79 Å². The second kappa shape index (κ2) is 3.75. The zero-order valence-electron chi connectivity index (χ0n) is 9.53. The van der Waals surface area contributed by atoms with Crippen molar-refractivity contribution >= 4 is 11.0 Å². The monoisotopic (exact) mass is 220 g/mol. The molecule has 0 unspecified atom stereocenters. The summed E-state index contributed by atoms with van der Waals surface area (Å²) in [4.78, 5) is 18.8. The van der Waals surface area contributed by atoms with Gasteiger partial charge in [-0.3, -0.25) is 9.55 Å². The first kappa shape index (κ1) is 10.9. The fraction of sp³-hybridized carbons (Fsp3) is 0.455. The van der Waals surface area contributed by atoms with Crippen LogP contribution >= 0.6 is 0 Å². The van der Waals surface area contributed by atoms with Crippen molar-refractivity contribution in [1.82, 2.24) is 14.5 Å². The first-order chi connectivity index (χ1) is 7.56. The third-order valence-electron chi connectivity index (χ3n) is 2.85. The van der Waals surface area contributed by atoms with Gasteiger partial charge in [0.1, 0.15) is 0 Å². The summed E-state index contributed by atoms with van der Waals surface area (Å²) < 4.78 is 1.72. The van der Waals surface area contributed by atoms with E-state index in [2.05, 4.69) is 9.97 Å². The van der Waals surface area contributed by atoms with Crippen LogP contribution in [-0.4, -0.2) is 21.1 Å². The van der Waals surface area contributed by atoms with Crippen LogP contribution in [0.1, 0.15) is 20.3 Å². The van der Waals surface area contributed by atoms with E-state index >= 15 is 0 Å². The molecule has 16 heavy (non-hydrogen) atoms. The minimum absolute atomic E-state index is 0.110. The number of rotatable bonds is 3. The number of H-pyrrole nitrogens is 1. The van der Waals surface area contributed by atoms with Crippen LogP contribution in [0.25, 0.3) is 11.0 Å². The first-order valence-corrected chi connectivity index (χ1v) is 5.31. The molecule has 2 aromatic heterocycles. The Morgan fingerprint density at radius 2 is 2.31 bits per heavy atom. The molecule has 0 bridgehead atoms. The molecule has 0 atom stereocenters. The fourth-order valence-electron chi connectivity index (χ4n) is 2.02. The summed E-state index contributed by atoms with van der Waals surface area (Å²) in [6.07, 6.45) is 4.11. The molecule has 0 radical (unpaired) electrons. The number of pyridine rings is 1. The number of hydrogen-bond donors (Lipinski definition) is 2. The molecule has 0 aromatic carbocycles. The van der Waals surface area contributed by atoms with Gasteiger partial charge in [0.05, 0.1) is 17.2 Å². The summed E-state index contributed by atoms with van der Waals surface area (Å²) in [7, 11) is 0. The molecule has 0 amide bonds. The molecule has 5 nitrogen and oxygen atoms in total. The lowest BCUT2D eigenvalue weighted by molar-refractivity contribution is 0.333. The summed E-state index contributed by atoms with van der Waals surface area (Å²) >= 11 is 0. The molecule has 3 N–H and O–H groups in total. The molecule has 0 saturated carbocycles. The van der Waals surface area contributed by atoms with Gasteiger partial charge in [-0.05, 0) is 32.9 Å². The van der Waals surface area contributed by atoms with E-state index in [1.807, 2.05) is 13.8 Å². The van der Waals surface area contributed by atoms with E-state index in [1.165, 1.54) is 0 Å². The number of aromatic amines is 1. The Morgan fingerprint density at radius 3 is 3.00 bits per heavy atom. The molecule has 2 rings (SSSR count). The number of nitrogens with one attached hydrogen (secondary N) is 1. The van der Waals surface area contributed by atoms with Gasteiger partial charge in [-0.1, -0.05) is 0 Å². The second-order valence-electron chi connectivity index (χ2n) is 4.51. The predicted molar refractivity (Wildman–Crippen MR) is 63.3 cm³/mol. The molecule has 0 fully saturated rings. The summed E-state index contributed by atoms with van der Waals surface area (Å²) in [5.74, 6) is 0. The predicted octanol–water partition coefficient (Wildman–Crippen LogP) is 0.808.